The fourth-order valence-electron chi connectivity index (χ4n) is 1.05. The molecule has 3 nitrogen and oxygen atoms in total. The summed E-state index contributed by atoms with van der Waals surface area (Å²) < 4.78 is 24.9. The molecular formula is C9H5BrF2N2O. The minimum Gasteiger partial charge on any atom is -0.296 e. The van der Waals surface area contributed by atoms with E-state index in [-0.39, 0.29) is 11.0 Å². The molecule has 78 valence electrons. The van der Waals surface area contributed by atoms with Crippen molar-refractivity contribution in [1.29, 1.82) is 5.26 Å². The van der Waals surface area contributed by atoms with Gasteiger partial charge in [0, 0.05) is 5.33 Å². The molecule has 0 bridgehead atoms. The van der Waals surface area contributed by atoms with Crippen molar-refractivity contribution in [2.24, 2.45) is 0 Å². The Bertz CT molecular complexity index is 429. The number of carbonyl (C=O) groups excluding carboxylic acids is 1. The molecule has 0 aromatic carbocycles. The highest BCUT2D eigenvalue weighted by Crippen LogP contribution is 2.24. The van der Waals surface area contributed by atoms with Gasteiger partial charge >= 0.3 is 0 Å². The van der Waals surface area contributed by atoms with E-state index in [1.165, 1.54) is 6.07 Å². The molecule has 1 aromatic heterocycles. The Morgan fingerprint density at radius 1 is 1.67 bits per heavy atom. The first-order chi connectivity index (χ1) is 7.13. The molecule has 0 spiro atoms. The van der Waals surface area contributed by atoms with Gasteiger partial charge in [-0.1, -0.05) is 15.9 Å². The van der Waals surface area contributed by atoms with E-state index in [9.17, 15) is 13.6 Å². The van der Waals surface area contributed by atoms with Crippen LogP contribution in [0.2, 0.25) is 0 Å². The Labute approximate surface area is 92.9 Å². The summed E-state index contributed by atoms with van der Waals surface area (Å²) in [6, 6.07) is 2.66. The van der Waals surface area contributed by atoms with Crippen LogP contribution >= 0.6 is 15.9 Å². The zero-order valence-electron chi connectivity index (χ0n) is 7.38. The zero-order chi connectivity index (χ0) is 11.4. The minimum absolute atomic E-state index is 0.00725. The molecule has 0 atom stereocenters. The van der Waals surface area contributed by atoms with Gasteiger partial charge in [-0.2, -0.15) is 5.26 Å². The number of pyridine rings is 1. The van der Waals surface area contributed by atoms with Crippen LogP contribution in [0.3, 0.4) is 0 Å². The van der Waals surface area contributed by atoms with Crippen LogP contribution in [0.1, 0.15) is 33.7 Å². The van der Waals surface area contributed by atoms with Crippen LogP contribution in [-0.4, -0.2) is 11.3 Å². The lowest BCUT2D eigenvalue weighted by molar-refractivity contribution is 0.111. The topological polar surface area (TPSA) is 53.8 Å². The number of alkyl halides is 3. The lowest BCUT2D eigenvalue weighted by atomic mass is 10.1. The second kappa shape index (κ2) is 4.94. The third-order valence-corrected chi connectivity index (χ3v) is 2.37. The van der Waals surface area contributed by atoms with Crippen molar-refractivity contribution in [3.05, 3.63) is 28.6 Å². The van der Waals surface area contributed by atoms with Gasteiger partial charge in [0.15, 0.2) is 6.29 Å². The third-order valence-electron chi connectivity index (χ3n) is 1.76. The van der Waals surface area contributed by atoms with Crippen LogP contribution in [0, 0.1) is 11.3 Å². The van der Waals surface area contributed by atoms with Crippen molar-refractivity contribution in [1.82, 2.24) is 4.98 Å². The largest absolute Gasteiger partial charge is 0.296 e. The molecule has 0 aliphatic rings. The van der Waals surface area contributed by atoms with E-state index in [1.54, 1.807) is 0 Å². The highest BCUT2D eigenvalue weighted by Gasteiger charge is 2.17. The maximum Gasteiger partial charge on any atom is 0.266 e. The van der Waals surface area contributed by atoms with E-state index in [0.29, 0.717) is 11.8 Å². The van der Waals surface area contributed by atoms with Gasteiger partial charge in [0.2, 0.25) is 0 Å². The Kier molecular flexibility index (Phi) is 3.86. The van der Waals surface area contributed by atoms with E-state index in [4.69, 9.17) is 5.26 Å². The summed E-state index contributed by atoms with van der Waals surface area (Å²) in [6.07, 6.45) is -2.34. The van der Waals surface area contributed by atoms with Gasteiger partial charge in [0.05, 0.1) is 5.56 Å². The molecule has 0 unspecified atom stereocenters. The van der Waals surface area contributed by atoms with E-state index in [0.717, 1.165) is 6.07 Å². The van der Waals surface area contributed by atoms with Crippen molar-refractivity contribution < 1.29 is 13.6 Å². The number of halogens is 3. The van der Waals surface area contributed by atoms with Crippen molar-refractivity contribution in [3.8, 4) is 6.07 Å². The SMILES string of the molecule is N#Cc1nc(C=O)c(CBr)cc1C(F)F. The Morgan fingerprint density at radius 2 is 2.33 bits per heavy atom. The summed E-state index contributed by atoms with van der Waals surface area (Å²) >= 11 is 3.05. The van der Waals surface area contributed by atoms with Crippen molar-refractivity contribution in [2.75, 3.05) is 0 Å². The molecule has 1 rings (SSSR count). The molecular weight excluding hydrogens is 270 g/mol. The van der Waals surface area contributed by atoms with Crippen LogP contribution in [0.25, 0.3) is 0 Å². The third kappa shape index (κ3) is 2.36. The number of rotatable bonds is 3. The van der Waals surface area contributed by atoms with Crippen LogP contribution in [0.4, 0.5) is 8.78 Å². The molecule has 0 radical (unpaired) electrons. The predicted molar refractivity (Wildman–Crippen MR) is 51.9 cm³/mol. The van der Waals surface area contributed by atoms with Crippen molar-refractivity contribution in [2.45, 2.75) is 11.8 Å². The smallest absolute Gasteiger partial charge is 0.266 e. The number of hydrogen-bond acceptors (Lipinski definition) is 3. The summed E-state index contributed by atoms with van der Waals surface area (Å²) in [5, 5.41) is 8.81. The maximum atomic E-state index is 12.5. The van der Waals surface area contributed by atoms with E-state index >= 15 is 0 Å². The van der Waals surface area contributed by atoms with Crippen molar-refractivity contribution in [3.63, 3.8) is 0 Å². The lowest BCUT2D eigenvalue weighted by Crippen LogP contribution is -2.02. The number of aldehydes is 1. The molecule has 0 amide bonds. The summed E-state index contributed by atoms with van der Waals surface area (Å²) in [4.78, 5) is 14.1. The van der Waals surface area contributed by atoms with E-state index in [2.05, 4.69) is 20.9 Å². The quantitative estimate of drug-likeness (QED) is 0.629. The van der Waals surface area contributed by atoms with Crippen molar-refractivity contribution >= 4 is 22.2 Å². The van der Waals surface area contributed by atoms with Gasteiger partial charge in [-0.05, 0) is 11.6 Å². The summed E-state index contributed by atoms with van der Waals surface area (Å²) in [5.41, 5.74) is -0.499. The second-order valence-electron chi connectivity index (χ2n) is 2.63. The monoisotopic (exact) mass is 274 g/mol. The van der Waals surface area contributed by atoms with Crippen LogP contribution in [0.15, 0.2) is 6.07 Å². The number of nitriles is 1. The first-order valence-electron chi connectivity index (χ1n) is 3.87. The average molecular weight is 275 g/mol. The van der Waals surface area contributed by atoms with Crippen LogP contribution < -0.4 is 0 Å². The van der Waals surface area contributed by atoms with Crippen LogP contribution in [-0.2, 0) is 5.33 Å². The van der Waals surface area contributed by atoms with Gasteiger partial charge in [-0.3, -0.25) is 4.79 Å². The average Bonchev–Trinajstić information content (AvgIpc) is 2.26. The molecule has 15 heavy (non-hydrogen) atoms. The molecule has 0 aliphatic carbocycles. The Morgan fingerprint density at radius 3 is 2.73 bits per heavy atom. The van der Waals surface area contributed by atoms with Gasteiger partial charge in [0.25, 0.3) is 6.43 Å². The minimum atomic E-state index is -2.77. The van der Waals surface area contributed by atoms with Gasteiger partial charge in [0.1, 0.15) is 17.5 Å². The molecule has 6 heteroatoms. The lowest BCUT2D eigenvalue weighted by Gasteiger charge is -2.06. The normalized spacial score (nSPS) is 10.1. The molecule has 1 aromatic rings. The molecule has 1 heterocycles. The predicted octanol–water partition coefficient (Wildman–Crippen LogP) is 2.60. The molecule has 0 saturated heterocycles. The number of nitrogens with zero attached hydrogens (tertiary/aromatic N) is 2. The summed E-state index contributed by atoms with van der Waals surface area (Å²) in [5.74, 6) is 0. The van der Waals surface area contributed by atoms with Crippen LogP contribution in [0.5, 0.6) is 0 Å². The van der Waals surface area contributed by atoms with Gasteiger partial charge < -0.3 is 0 Å². The summed E-state index contributed by atoms with van der Waals surface area (Å²) in [6.45, 7) is 0. The summed E-state index contributed by atoms with van der Waals surface area (Å²) in [7, 11) is 0. The Balaban J connectivity index is 3.42. The fraction of sp³-hybridized carbons (Fsp3) is 0.222. The highest BCUT2D eigenvalue weighted by atomic mass is 79.9. The van der Waals surface area contributed by atoms with E-state index < -0.39 is 17.7 Å². The number of carbonyl (C=O) groups is 1. The molecule has 0 aliphatic heterocycles. The van der Waals surface area contributed by atoms with E-state index in [1.807, 2.05) is 0 Å². The number of aromatic nitrogens is 1. The Hall–Kier alpha value is -1.35. The molecule has 0 N–H and O–H groups in total. The molecule has 0 saturated carbocycles. The first kappa shape index (κ1) is 11.7. The second-order valence-corrected chi connectivity index (χ2v) is 3.20. The maximum absolute atomic E-state index is 12.5. The number of hydrogen-bond donors (Lipinski definition) is 0. The van der Waals surface area contributed by atoms with Gasteiger partial charge in [-0.15, -0.1) is 0 Å². The standard InChI is InChI=1S/C9H5BrF2N2O/c10-2-5-1-6(9(11)12)7(3-13)14-8(5)4-15/h1,4,9H,2H2. The zero-order valence-corrected chi connectivity index (χ0v) is 8.96. The van der Waals surface area contributed by atoms with Gasteiger partial charge in [-0.25, -0.2) is 13.8 Å². The fourth-order valence-corrected chi connectivity index (χ4v) is 1.50. The highest BCUT2D eigenvalue weighted by molar-refractivity contribution is 9.08. The first-order valence-corrected chi connectivity index (χ1v) is 4.99. The molecule has 0 fully saturated rings.